The summed E-state index contributed by atoms with van der Waals surface area (Å²) in [7, 11) is 0. The quantitative estimate of drug-likeness (QED) is 0.863. The summed E-state index contributed by atoms with van der Waals surface area (Å²) in [6.45, 7) is 6.55. The average Bonchev–Trinajstić information content (AvgIpc) is 2.98. The molecule has 1 aromatic heterocycles. The van der Waals surface area contributed by atoms with Gasteiger partial charge in [-0.15, -0.1) is 0 Å². The van der Waals surface area contributed by atoms with Crippen LogP contribution < -0.4 is 0 Å². The van der Waals surface area contributed by atoms with Crippen molar-refractivity contribution in [2.45, 2.75) is 20.5 Å². The Labute approximate surface area is 141 Å². The fraction of sp³-hybridized carbons (Fsp3) is 0.444. The number of carbonyl (C=O) groups excluding carboxylic acids is 2. The number of ether oxygens (including phenoxy) is 1. The van der Waals surface area contributed by atoms with Gasteiger partial charge >= 0.3 is 0 Å². The minimum Gasteiger partial charge on any atom is -0.451 e. The zero-order chi connectivity index (χ0) is 17.1. The maximum absolute atomic E-state index is 12.9. The molecule has 2 amide bonds. The van der Waals surface area contributed by atoms with Crippen LogP contribution in [-0.4, -0.2) is 54.4 Å². The van der Waals surface area contributed by atoms with E-state index in [-0.39, 0.29) is 11.8 Å². The topological polar surface area (TPSA) is 63.0 Å². The second-order valence-electron chi connectivity index (χ2n) is 5.84. The van der Waals surface area contributed by atoms with Crippen LogP contribution in [0.5, 0.6) is 0 Å². The molecule has 0 radical (unpaired) electrons. The van der Waals surface area contributed by atoms with Crippen LogP contribution in [0.1, 0.15) is 30.0 Å². The molecular weight excluding hydrogens is 308 g/mol. The standard InChI is InChI=1S/C18H22N2O4/c1-3-23-12-15-14-6-4-5-7-16(14)24-17(15)18(22)20-10-8-19(9-11-20)13(2)21/h4-7H,3,8-12H2,1-2H3. The molecule has 128 valence electrons. The molecule has 24 heavy (non-hydrogen) atoms. The van der Waals surface area contributed by atoms with Gasteiger partial charge in [-0.3, -0.25) is 9.59 Å². The van der Waals surface area contributed by atoms with Crippen molar-refractivity contribution >= 4 is 22.8 Å². The van der Waals surface area contributed by atoms with Gasteiger partial charge in [0.05, 0.1) is 6.61 Å². The van der Waals surface area contributed by atoms with Crippen LogP contribution >= 0.6 is 0 Å². The molecule has 0 aliphatic carbocycles. The Morgan fingerprint density at radius 3 is 2.46 bits per heavy atom. The molecule has 2 heterocycles. The Morgan fingerprint density at radius 1 is 1.12 bits per heavy atom. The highest BCUT2D eigenvalue weighted by molar-refractivity contribution is 5.99. The minimum atomic E-state index is -0.135. The summed E-state index contributed by atoms with van der Waals surface area (Å²) in [6, 6.07) is 7.61. The number of amides is 2. The SMILES string of the molecule is CCOCc1c(C(=O)N2CCN(C(C)=O)CC2)oc2ccccc12. The molecule has 1 aromatic carbocycles. The fourth-order valence-electron chi connectivity index (χ4n) is 2.99. The predicted molar refractivity (Wildman–Crippen MR) is 89.7 cm³/mol. The molecule has 0 N–H and O–H groups in total. The second kappa shape index (κ2) is 7.05. The Bertz CT molecular complexity index is 745. The van der Waals surface area contributed by atoms with Crippen molar-refractivity contribution in [3.05, 3.63) is 35.6 Å². The number of fused-ring (bicyclic) bond motifs is 1. The zero-order valence-electron chi connectivity index (χ0n) is 14.1. The normalized spacial score (nSPS) is 15.1. The monoisotopic (exact) mass is 330 g/mol. The first-order valence-electron chi connectivity index (χ1n) is 8.24. The lowest BCUT2D eigenvalue weighted by Gasteiger charge is -2.33. The second-order valence-corrected chi connectivity index (χ2v) is 5.84. The summed E-state index contributed by atoms with van der Waals surface area (Å²) < 4.78 is 11.4. The minimum absolute atomic E-state index is 0.0443. The lowest BCUT2D eigenvalue weighted by Crippen LogP contribution is -2.50. The fourth-order valence-corrected chi connectivity index (χ4v) is 2.99. The molecule has 1 saturated heterocycles. The Hall–Kier alpha value is -2.34. The van der Waals surface area contributed by atoms with E-state index in [1.54, 1.807) is 16.7 Å². The summed E-state index contributed by atoms with van der Waals surface area (Å²) >= 11 is 0. The molecule has 6 nitrogen and oxygen atoms in total. The predicted octanol–water partition coefficient (Wildman–Crippen LogP) is 2.27. The molecule has 6 heteroatoms. The molecule has 1 aliphatic heterocycles. The lowest BCUT2D eigenvalue weighted by atomic mass is 10.1. The van der Waals surface area contributed by atoms with E-state index in [4.69, 9.17) is 9.15 Å². The summed E-state index contributed by atoms with van der Waals surface area (Å²) in [5, 5.41) is 0.914. The molecule has 1 fully saturated rings. The van der Waals surface area contributed by atoms with Crippen LogP contribution in [0.15, 0.2) is 28.7 Å². The maximum atomic E-state index is 12.9. The molecule has 0 saturated carbocycles. The van der Waals surface area contributed by atoms with E-state index in [2.05, 4.69) is 0 Å². The van der Waals surface area contributed by atoms with E-state index in [1.807, 2.05) is 31.2 Å². The third kappa shape index (κ3) is 3.14. The lowest BCUT2D eigenvalue weighted by molar-refractivity contribution is -0.130. The third-order valence-electron chi connectivity index (χ3n) is 4.36. The number of carbonyl (C=O) groups is 2. The molecule has 0 atom stereocenters. The van der Waals surface area contributed by atoms with Gasteiger partial charge in [0.25, 0.3) is 5.91 Å². The first-order chi connectivity index (χ1) is 11.6. The van der Waals surface area contributed by atoms with Crippen LogP contribution in [-0.2, 0) is 16.1 Å². The van der Waals surface area contributed by atoms with E-state index >= 15 is 0 Å². The van der Waals surface area contributed by atoms with Crippen LogP contribution in [0.3, 0.4) is 0 Å². The number of nitrogens with zero attached hydrogens (tertiary/aromatic N) is 2. The van der Waals surface area contributed by atoms with Gasteiger partial charge in [0.15, 0.2) is 5.76 Å². The summed E-state index contributed by atoms with van der Waals surface area (Å²) in [5.74, 6) is 0.257. The Balaban J connectivity index is 1.85. The number of para-hydroxylation sites is 1. The third-order valence-corrected chi connectivity index (χ3v) is 4.36. The van der Waals surface area contributed by atoms with Gasteiger partial charge in [-0.05, 0) is 13.0 Å². The van der Waals surface area contributed by atoms with E-state index < -0.39 is 0 Å². The van der Waals surface area contributed by atoms with E-state index in [1.165, 1.54) is 0 Å². The summed E-state index contributed by atoms with van der Waals surface area (Å²) in [6.07, 6.45) is 0. The molecule has 3 rings (SSSR count). The van der Waals surface area contributed by atoms with Crippen LogP contribution in [0, 0.1) is 0 Å². The Kier molecular flexibility index (Phi) is 4.85. The van der Waals surface area contributed by atoms with Gasteiger partial charge in [-0.25, -0.2) is 0 Å². The van der Waals surface area contributed by atoms with Gasteiger partial charge < -0.3 is 19.0 Å². The molecular formula is C18H22N2O4. The van der Waals surface area contributed by atoms with Crippen molar-refractivity contribution in [3.8, 4) is 0 Å². The van der Waals surface area contributed by atoms with E-state index in [0.29, 0.717) is 50.7 Å². The molecule has 0 unspecified atom stereocenters. The number of hydrogen-bond donors (Lipinski definition) is 0. The molecule has 2 aromatic rings. The average molecular weight is 330 g/mol. The van der Waals surface area contributed by atoms with Crippen LogP contribution in [0.4, 0.5) is 0 Å². The largest absolute Gasteiger partial charge is 0.451 e. The maximum Gasteiger partial charge on any atom is 0.290 e. The molecule has 0 bridgehead atoms. The number of furan rings is 1. The van der Waals surface area contributed by atoms with Gasteiger partial charge in [-0.1, -0.05) is 18.2 Å². The first kappa shape index (κ1) is 16.5. The van der Waals surface area contributed by atoms with Crippen molar-refractivity contribution in [3.63, 3.8) is 0 Å². The smallest absolute Gasteiger partial charge is 0.290 e. The first-order valence-corrected chi connectivity index (χ1v) is 8.24. The Morgan fingerprint density at radius 2 is 1.79 bits per heavy atom. The van der Waals surface area contributed by atoms with Crippen molar-refractivity contribution < 1.29 is 18.7 Å². The number of piperazine rings is 1. The number of rotatable bonds is 4. The highest BCUT2D eigenvalue weighted by atomic mass is 16.5. The van der Waals surface area contributed by atoms with Crippen molar-refractivity contribution in [2.24, 2.45) is 0 Å². The summed E-state index contributed by atoms with van der Waals surface area (Å²) in [4.78, 5) is 27.8. The zero-order valence-corrected chi connectivity index (χ0v) is 14.1. The summed E-state index contributed by atoms with van der Waals surface area (Å²) in [5.41, 5.74) is 1.49. The van der Waals surface area contributed by atoms with E-state index in [9.17, 15) is 9.59 Å². The van der Waals surface area contributed by atoms with Crippen LogP contribution in [0.2, 0.25) is 0 Å². The van der Waals surface area contributed by atoms with Gasteiger partial charge in [-0.2, -0.15) is 0 Å². The highest BCUT2D eigenvalue weighted by Crippen LogP contribution is 2.28. The van der Waals surface area contributed by atoms with Gasteiger partial charge in [0.1, 0.15) is 5.58 Å². The van der Waals surface area contributed by atoms with Crippen molar-refractivity contribution in [2.75, 3.05) is 32.8 Å². The molecule has 0 spiro atoms. The number of hydrogen-bond acceptors (Lipinski definition) is 4. The van der Waals surface area contributed by atoms with Crippen LogP contribution in [0.25, 0.3) is 11.0 Å². The molecule has 1 aliphatic rings. The van der Waals surface area contributed by atoms with Crippen molar-refractivity contribution in [1.29, 1.82) is 0 Å². The van der Waals surface area contributed by atoms with Crippen molar-refractivity contribution in [1.82, 2.24) is 9.80 Å². The highest BCUT2D eigenvalue weighted by Gasteiger charge is 2.28. The number of benzene rings is 1. The van der Waals surface area contributed by atoms with Gasteiger partial charge in [0.2, 0.25) is 5.91 Å². The van der Waals surface area contributed by atoms with Gasteiger partial charge in [0, 0.05) is 50.7 Å². The van der Waals surface area contributed by atoms with E-state index in [0.717, 1.165) is 10.9 Å².